The second-order valence-electron chi connectivity index (χ2n) is 4.10. The van der Waals surface area contributed by atoms with Crippen molar-refractivity contribution < 1.29 is 9.50 Å². The Hall–Kier alpha value is -1.68. The van der Waals surface area contributed by atoms with E-state index in [0.29, 0.717) is 18.2 Å². The first kappa shape index (κ1) is 11.8. The lowest BCUT2D eigenvalue weighted by molar-refractivity contribution is 0.288. The van der Waals surface area contributed by atoms with E-state index in [1.165, 1.54) is 6.07 Å². The summed E-state index contributed by atoms with van der Waals surface area (Å²) in [6.07, 6.45) is 1.16. The molecule has 0 saturated heterocycles. The van der Waals surface area contributed by atoms with Gasteiger partial charge in [-0.2, -0.15) is 0 Å². The maximum absolute atomic E-state index is 13.6. The van der Waals surface area contributed by atoms with Crippen LogP contribution in [0, 0.1) is 12.7 Å². The Morgan fingerprint density at radius 1 is 1.41 bits per heavy atom. The topological polar surface area (TPSA) is 53.1 Å². The smallest absolute Gasteiger partial charge is 0.259 e. The van der Waals surface area contributed by atoms with Crippen LogP contribution in [0.5, 0.6) is 0 Å². The summed E-state index contributed by atoms with van der Waals surface area (Å²) in [6, 6.07) is 4.75. The summed E-state index contributed by atoms with van der Waals surface area (Å²) in [5.41, 5.74) is 1.19. The van der Waals surface area contributed by atoms with Crippen LogP contribution in [0.1, 0.15) is 17.7 Å². The van der Waals surface area contributed by atoms with E-state index in [4.69, 9.17) is 5.11 Å². The lowest BCUT2D eigenvalue weighted by Gasteiger charge is -2.06. The highest BCUT2D eigenvalue weighted by Crippen LogP contribution is 2.19. The quantitative estimate of drug-likeness (QED) is 0.853. The van der Waals surface area contributed by atoms with Gasteiger partial charge in [0.15, 0.2) is 0 Å². The van der Waals surface area contributed by atoms with Gasteiger partial charge in [-0.15, -0.1) is 0 Å². The molecular formula is C13H14FNO2. The van der Waals surface area contributed by atoms with Crippen molar-refractivity contribution in [1.82, 2.24) is 4.98 Å². The van der Waals surface area contributed by atoms with Crippen LogP contribution < -0.4 is 5.56 Å². The number of aliphatic hydroxyl groups excluding tert-OH is 1. The lowest BCUT2D eigenvalue weighted by Crippen LogP contribution is -2.11. The third kappa shape index (κ3) is 2.22. The zero-order chi connectivity index (χ0) is 12.4. The van der Waals surface area contributed by atoms with Gasteiger partial charge < -0.3 is 10.1 Å². The van der Waals surface area contributed by atoms with Gasteiger partial charge in [-0.05, 0) is 42.8 Å². The number of hydrogen-bond acceptors (Lipinski definition) is 2. The maximum Gasteiger partial charge on any atom is 0.259 e. The molecule has 3 nitrogen and oxygen atoms in total. The van der Waals surface area contributed by atoms with Crippen molar-refractivity contribution in [2.24, 2.45) is 0 Å². The van der Waals surface area contributed by atoms with Gasteiger partial charge in [0.1, 0.15) is 5.82 Å². The fourth-order valence-electron chi connectivity index (χ4n) is 1.94. The molecule has 1 heterocycles. The Morgan fingerprint density at radius 3 is 2.88 bits per heavy atom. The van der Waals surface area contributed by atoms with Gasteiger partial charge in [0.05, 0.1) is 5.39 Å². The number of fused-ring (bicyclic) bond motifs is 1. The first-order valence-electron chi connectivity index (χ1n) is 5.55. The maximum atomic E-state index is 13.6. The first-order chi connectivity index (χ1) is 8.13. The highest BCUT2D eigenvalue weighted by atomic mass is 19.1. The average Bonchev–Trinajstić information content (AvgIpc) is 2.31. The number of rotatable bonds is 3. The summed E-state index contributed by atoms with van der Waals surface area (Å²) in [6.45, 7) is 1.92. The van der Waals surface area contributed by atoms with Crippen molar-refractivity contribution in [3.8, 4) is 0 Å². The highest BCUT2D eigenvalue weighted by Gasteiger charge is 2.09. The first-order valence-corrected chi connectivity index (χ1v) is 5.55. The van der Waals surface area contributed by atoms with Crippen LogP contribution in [0.15, 0.2) is 23.0 Å². The Bertz CT molecular complexity index is 604. The molecule has 0 aliphatic rings. The number of aliphatic hydroxyl groups is 1. The summed E-state index contributed by atoms with van der Waals surface area (Å²) in [5.74, 6) is -0.499. The van der Waals surface area contributed by atoms with E-state index in [0.717, 1.165) is 11.3 Å². The number of halogens is 1. The number of aromatic nitrogens is 1. The molecule has 2 rings (SSSR count). The second-order valence-corrected chi connectivity index (χ2v) is 4.10. The Kier molecular flexibility index (Phi) is 3.24. The number of pyridine rings is 1. The highest BCUT2D eigenvalue weighted by molar-refractivity contribution is 5.85. The van der Waals surface area contributed by atoms with Gasteiger partial charge >= 0.3 is 0 Å². The van der Waals surface area contributed by atoms with Crippen LogP contribution in [-0.4, -0.2) is 16.7 Å². The molecule has 0 unspecified atom stereocenters. The summed E-state index contributed by atoms with van der Waals surface area (Å²) in [7, 11) is 0. The van der Waals surface area contributed by atoms with Gasteiger partial charge in [-0.1, -0.05) is 6.07 Å². The van der Waals surface area contributed by atoms with Gasteiger partial charge in [-0.25, -0.2) is 4.39 Å². The molecule has 0 spiro atoms. The molecule has 2 aromatic rings. The van der Waals surface area contributed by atoms with Crippen molar-refractivity contribution in [2.45, 2.75) is 19.8 Å². The van der Waals surface area contributed by atoms with Crippen molar-refractivity contribution in [2.75, 3.05) is 6.61 Å². The van der Waals surface area contributed by atoms with Crippen molar-refractivity contribution in [1.29, 1.82) is 0 Å². The number of H-pyrrole nitrogens is 1. The molecule has 0 bridgehead atoms. The Balaban J connectivity index is 2.65. The molecule has 0 amide bonds. The molecule has 17 heavy (non-hydrogen) atoms. The van der Waals surface area contributed by atoms with Gasteiger partial charge in [0, 0.05) is 12.3 Å². The third-order valence-electron chi connectivity index (χ3n) is 2.84. The lowest BCUT2D eigenvalue weighted by atomic mass is 10.0. The minimum Gasteiger partial charge on any atom is -0.396 e. The number of nitrogens with one attached hydrogen (secondary N) is 1. The van der Waals surface area contributed by atoms with Crippen molar-refractivity contribution >= 4 is 10.8 Å². The monoisotopic (exact) mass is 235 g/mol. The fraction of sp³-hybridized carbons (Fsp3) is 0.308. The molecule has 1 aromatic heterocycles. The van der Waals surface area contributed by atoms with E-state index in [2.05, 4.69) is 4.98 Å². The number of aromatic amines is 1. The van der Waals surface area contributed by atoms with Crippen LogP contribution in [-0.2, 0) is 6.42 Å². The molecule has 0 fully saturated rings. The molecule has 4 heteroatoms. The van der Waals surface area contributed by atoms with Crippen LogP contribution in [0.2, 0.25) is 0 Å². The second kappa shape index (κ2) is 4.67. The molecule has 0 radical (unpaired) electrons. The third-order valence-corrected chi connectivity index (χ3v) is 2.84. The standard InChI is InChI=1S/C13H14FNO2/c1-8-4-5-11(14)12-10(8)7-9(3-2-6-16)15-13(12)17/h4-5,7,16H,2-3,6H2,1H3,(H,15,17). The van der Waals surface area contributed by atoms with E-state index in [1.807, 2.05) is 6.92 Å². The van der Waals surface area contributed by atoms with E-state index in [-0.39, 0.29) is 12.0 Å². The zero-order valence-electron chi connectivity index (χ0n) is 9.59. The predicted molar refractivity (Wildman–Crippen MR) is 64.7 cm³/mol. The molecule has 0 aliphatic heterocycles. The van der Waals surface area contributed by atoms with Crippen LogP contribution in [0.3, 0.4) is 0 Å². The van der Waals surface area contributed by atoms with Crippen LogP contribution >= 0.6 is 0 Å². The number of benzene rings is 1. The SMILES string of the molecule is Cc1ccc(F)c2c(=O)[nH]c(CCCO)cc12. The van der Waals surface area contributed by atoms with Gasteiger partial charge in [-0.3, -0.25) is 4.79 Å². The minimum absolute atomic E-state index is 0.0716. The predicted octanol–water partition coefficient (Wildman–Crippen LogP) is 1.90. The number of aryl methyl sites for hydroxylation is 2. The van der Waals surface area contributed by atoms with E-state index in [9.17, 15) is 9.18 Å². The fourth-order valence-corrected chi connectivity index (χ4v) is 1.94. The van der Waals surface area contributed by atoms with E-state index >= 15 is 0 Å². The molecule has 0 atom stereocenters. The van der Waals surface area contributed by atoms with Crippen LogP contribution in [0.4, 0.5) is 4.39 Å². The Morgan fingerprint density at radius 2 is 2.18 bits per heavy atom. The van der Waals surface area contributed by atoms with E-state index < -0.39 is 11.4 Å². The summed E-state index contributed by atoms with van der Waals surface area (Å²) < 4.78 is 13.6. The van der Waals surface area contributed by atoms with E-state index in [1.54, 1.807) is 12.1 Å². The van der Waals surface area contributed by atoms with Crippen LogP contribution in [0.25, 0.3) is 10.8 Å². The summed E-state index contributed by atoms with van der Waals surface area (Å²) in [4.78, 5) is 14.4. The molecule has 90 valence electrons. The molecular weight excluding hydrogens is 221 g/mol. The molecule has 0 saturated carbocycles. The zero-order valence-corrected chi connectivity index (χ0v) is 9.59. The molecule has 2 N–H and O–H groups in total. The summed E-state index contributed by atoms with van der Waals surface area (Å²) in [5, 5.41) is 9.51. The number of hydrogen-bond donors (Lipinski definition) is 2. The summed E-state index contributed by atoms with van der Waals surface area (Å²) >= 11 is 0. The Labute approximate surface area is 97.9 Å². The largest absolute Gasteiger partial charge is 0.396 e. The van der Waals surface area contributed by atoms with Gasteiger partial charge in [0.25, 0.3) is 5.56 Å². The molecule has 0 aliphatic carbocycles. The van der Waals surface area contributed by atoms with Crippen molar-refractivity contribution in [3.63, 3.8) is 0 Å². The van der Waals surface area contributed by atoms with Gasteiger partial charge in [0.2, 0.25) is 0 Å². The van der Waals surface area contributed by atoms with Crippen molar-refractivity contribution in [3.05, 3.63) is 45.6 Å². The minimum atomic E-state index is -0.499. The average molecular weight is 235 g/mol. The molecule has 1 aromatic carbocycles. The normalized spacial score (nSPS) is 11.0.